The summed E-state index contributed by atoms with van der Waals surface area (Å²) in [6.07, 6.45) is 3.37. The molecule has 0 atom stereocenters. The molecule has 2 aromatic carbocycles. The van der Waals surface area contributed by atoms with E-state index in [0.717, 1.165) is 16.9 Å². The van der Waals surface area contributed by atoms with E-state index in [-0.39, 0.29) is 11.5 Å². The lowest BCUT2D eigenvalue weighted by Gasteiger charge is -2.04. The second-order valence-corrected chi connectivity index (χ2v) is 5.43. The monoisotopic (exact) mass is 349 g/mol. The first-order chi connectivity index (χ1) is 12.7. The van der Waals surface area contributed by atoms with Crippen LogP contribution in [0.15, 0.2) is 52.9 Å². The minimum Gasteiger partial charge on any atom is -0.497 e. The predicted octanol–water partition coefficient (Wildman–Crippen LogP) is 4.48. The number of aromatic nitrogens is 1. The van der Waals surface area contributed by atoms with Crippen LogP contribution in [0.2, 0.25) is 0 Å². The molecule has 0 amide bonds. The van der Waals surface area contributed by atoms with Crippen LogP contribution in [0.25, 0.3) is 12.2 Å². The highest BCUT2D eigenvalue weighted by Crippen LogP contribution is 2.20. The number of hydrogen-bond donors (Lipinski definition) is 1. The zero-order valence-corrected chi connectivity index (χ0v) is 14.1. The van der Waals surface area contributed by atoms with Gasteiger partial charge in [0, 0.05) is 12.6 Å². The number of nitrogens with zero attached hydrogens (tertiary/aromatic N) is 2. The Hall–Kier alpha value is -3.59. The van der Waals surface area contributed by atoms with Crippen molar-refractivity contribution in [2.24, 2.45) is 0 Å². The lowest BCUT2D eigenvalue weighted by atomic mass is 10.2. The summed E-state index contributed by atoms with van der Waals surface area (Å²) in [6, 6.07) is 15.6. The van der Waals surface area contributed by atoms with Crippen LogP contribution < -0.4 is 10.1 Å². The number of ether oxygens (including phenoxy) is 1. The van der Waals surface area contributed by atoms with Gasteiger partial charge in [0.25, 0.3) is 0 Å². The minimum absolute atomic E-state index is 0.178. The lowest BCUT2D eigenvalue weighted by molar-refractivity contribution is 0.414. The Kier molecular flexibility index (Phi) is 5.30. The molecule has 0 fully saturated rings. The second kappa shape index (κ2) is 7.99. The Morgan fingerprint density at radius 3 is 2.54 bits per heavy atom. The lowest BCUT2D eigenvalue weighted by Crippen LogP contribution is -1.99. The molecule has 130 valence electrons. The van der Waals surface area contributed by atoms with Crippen molar-refractivity contribution in [3.8, 4) is 11.8 Å². The van der Waals surface area contributed by atoms with Crippen molar-refractivity contribution in [1.82, 2.24) is 4.98 Å². The minimum atomic E-state index is -0.296. The van der Waals surface area contributed by atoms with Gasteiger partial charge in [-0.05, 0) is 41.5 Å². The number of methoxy groups -OCH3 is 1. The summed E-state index contributed by atoms with van der Waals surface area (Å²) < 4.78 is 23.6. The standard InChI is InChI=1S/C20H16FN3O2/c1-25-17-9-4-15(5-10-17)13-23-20-18(12-22)24-19(26-20)11-6-14-2-7-16(21)8-3-14/h2-11,23H,13H2,1H3. The van der Waals surface area contributed by atoms with Crippen molar-refractivity contribution >= 4 is 18.0 Å². The van der Waals surface area contributed by atoms with E-state index in [1.807, 2.05) is 30.3 Å². The molecule has 0 aliphatic heterocycles. The first-order valence-corrected chi connectivity index (χ1v) is 7.89. The largest absolute Gasteiger partial charge is 0.497 e. The van der Waals surface area contributed by atoms with E-state index in [4.69, 9.17) is 9.15 Å². The summed E-state index contributed by atoms with van der Waals surface area (Å²) in [4.78, 5) is 4.13. The van der Waals surface area contributed by atoms with E-state index in [9.17, 15) is 9.65 Å². The molecule has 0 unspecified atom stereocenters. The van der Waals surface area contributed by atoms with Gasteiger partial charge < -0.3 is 14.5 Å². The Morgan fingerprint density at radius 1 is 1.15 bits per heavy atom. The summed E-state index contributed by atoms with van der Waals surface area (Å²) >= 11 is 0. The highest BCUT2D eigenvalue weighted by molar-refractivity contribution is 5.67. The smallest absolute Gasteiger partial charge is 0.232 e. The average molecular weight is 349 g/mol. The van der Waals surface area contributed by atoms with Crippen molar-refractivity contribution < 1.29 is 13.5 Å². The van der Waals surface area contributed by atoms with E-state index >= 15 is 0 Å². The Labute approximate surface area is 150 Å². The third-order valence-corrected chi connectivity index (χ3v) is 3.65. The fraction of sp³-hybridized carbons (Fsp3) is 0.100. The zero-order chi connectivity index (χ0) is 18.4. The summed E-state index contributed by atoms with van der Waals surface area (Å²) in [5.74, 6) is 1.08. The molecule has 0 aliphatic carbocycles. The Morgan fingerprint density at radius 2 is 1.88 bits per heavy atom. The van der Waals surface area contributed by atoms with Gasteiger partial charge in [0.1, 0.15) is 17.6 Å². The maximum absolute atomic E-state index is 12.9. The van der Waals surface area contributed by atoms with Gasteiger partial charge in [0.2, 0.25) is 17.5 Å². The molecule has 0 bridgehead atoms. The van der Waals surface area contributed by atoms with Gasteiger partial charge in [0.05, 0.1) is 7.11 Å². The van der Waals surface area contributed by atoms with Crippen LogP contribution in [0, 0.1) is 17.1 Å². The van der Waals surface area contributed by atoms with Crippen molar-refractivity contribution in [3.63, 3.8) is 0 Å². The van der Waals surface area contributed by atoms with E-state index < -0.39 is 0 Å². The number of hydrogen-bond acceptors (Lipinski definition) is 5. The predicted molar refractivity (Wildman–Crippen MR) is 96.9 cm³/mol. The zero-order valence-electron chi connectivity index (χ0n) is 14.1. The summed E-state index contributed by atoms with van der Waals surface area (Å²) in [5.41, 5.74) is 1.99. The number of oxazole rings is 1. The van der Waals surface area contributed by atoms with Crippen LogP contribution in [0.1, 0.15) is 22.7 Å². The van der Waals surface area contributed by atoms with Crippen LogP contribution in [0.4, 0.5) is 10.3 Å². The maximum atomic E-state index is 12.9. The highest BCUT2D eigenvalue weighted by atomic mass is 19.1. The maximum Gasteiger partial charge on any atom is 0.232 e. The van der Waals surface area contributed by atoms with E-state index in [1.54, 1.807) is 31.4 Å². The molecule has 0 saturated carbocycles. The summed E-state index contributed by atoms with van der Waals surface area (Å²) in [5, 5.41) is 12.3. The Balaban J connectivity index is 1.69. The molecule has 0 radical (unpaired) electrons. The number of nitriles is 1. The van der Waals surface area contributed by atoms with Gasteiger partial charge in [-0.3, -0.25) is 0 Å². The van der Waals surface area contributed by atoms with Gasteiger partial charge in [-0.1, -0.05) is 24.3 Å². The van der Waals surface area contributed by atoms with Crippen molar-refractivity contribution in [2.75, 3.05) is 12.4 Å². The molecular weight excluding hydrogens is 333 g/mol. The van der Waals surface area contributed by atoms with E-state index in [1.165, 1.54) is 12.1 Å². The van der Waals surface area contributed by atoms with E-state index in [2.05, 4.69) is 10.3 Å². The molecular formula is C20H16FN3O2. The van der Waals surface area contributed by atoms with Gasteiger partial charge in [-0.25, -0.2) is 4.39 Å². The fourth-order valence-electron chi connectivity index (χ4n) is 2.27. The molecule has 6 heteroatoms. The van der Waals surface area contributed by atoms with Crippen molar-refractivity contribution in [2.45, 2.75) is 6.54 Å². The van der Waals surface area contributed by atoms with Gasteiger partial charge in [-0.15, -0.1) is 0 Å². The molecule has 3 aromatic rings. The Bertz CT molecular complexity index is 939. The normalized spacial score (nSPS) is 10.7. The summed E-state index contributed by atoms with van der Waals surface area (Å²) in [6.45, 7) is 0.481. The summed E-state index contributed by atoms with van der Waals surface area (Å²) in [7, 11) is 1.61. The molecule has 1 heterocycles. The first kappa shape index (κ1) is 17.2. The number of nitrogens with one attached hydrogen (secondary N) is 1. The van der Waals surface area contributed by atoms with Crippen molar-refractivity contribution in [3.05, 3.63) is 77.1 Å². The van der Waals surface area contributed by atoms with Crippen LogP contribution in [0.3, 0.4) is 0 Å². The van der Waals surface area contributed by atoms with Gasteiger partial charge >= 0.3 is 0 Å². The molecule has 1 N–H and O–H groups in total. The van der Waals surface area contributed by atoms with Crippen LogP contribution in [0.5, 0.6) is 5.75 Å². The SMILES string of the molecule is COc1ccc(CNc2oc(C=Cc3ccc(F)cc3)nc2C#N)cc1. The molecule has 0 aliphatic rings. The molecule has 3 rings (SSSR count). The third kappa shape index (κ3) is 4.28. The number of halogens is 1. The molecule has 26 heavy (non-hydrogen) atoms. The van der Waals surface area contributed by atoms with Crippen LogP contribution >= 0.6 is 0 Å². The number of anilines is 1. The average Bonchev–Trinajstić information content (AvgIpc) is 3.08. The quantitative estimate of drug-likeness (QED) is 0.710. The fourth-order valence-corrected chi connectivity index (χ4v) is 2.27. The van der Waals surface area contributed by atoms with E-state index in [0.29, 0.717) is 18.3 Å². The third-order valence-electron chi connectivity index (χ3n) is 3.65. The van der Waals surface area contributed by atoms with Crippen LogP contribution in [-0.2, 0) is 6.54 Å². The second-order valence-electron chi connectivity index (χ2n) is 5.43. The van der Waals surface area contributed by atoms with Gasteiger partial charge in [0.15, 0.2) is 0 Å². The molecule has 0 saturated heterocycles. The molecule has 5 nitrogen and oxygen atoms in total. The number of rotatable bonds is 6. The van der Waals surface area contributed by atoms with Crippen molar-refractivity contribution in [1.29, 1.82) is 5.26 Å². The number of benzene rings is 2. The highest BCUT2D eigenvalue weighted by Gasteiger charge is 2.11. The topological polar surface area (TPSA) is 71.1 Å². The van der Waals surface area contributed by atoms with Gasteiger partial charge in [-0.2, -0.15) is 10.2 Å². The van der Waals surface area contributed by atoms with Crippen LogP contribution in [-0.4, -0.2) is 12.1 Å². The molecule has 0 spiro atoms. The molecule has 1 aromatic heterocycles. The first-order valence-electron chi connectivity index (χ1n) is 7.89.